The molecule has 1 heterocycles. The molecule has 5 rings (SSSR count). The molecule has 4 aromatic carbocycles. The molecule has 5 aromatic rings. The minimum atomic E-state index is -0.578. The molecule has 0 saturated heterocycles. The number of ether oxygens (including phenoxy) is 3. The Morgan fingerprint density at radius 1 is 0.763 bits per heavy atom. The summed E-state index contributed by atoms with van der Waals surface area (Å²) < 4.78 is 22.4. The molecule has 1 aromatic heterocycles. The molecule has 6 heteroatoms. The van der Waals surface area contributed by atoms with Crippen molar-refractivity contribution in [1.82, 2.24) is 0 Å². The van der Waals surface area contributed by atoms with Gasteiger partial charge in [-0.3, -0.25) is 4.79 Å². The minimum Gasteiger partial charge on any atom is -0.497 e. The van der Waals surface area contributed by atoms with Gasteiger partial charge in [-0.1, -0.05) is 48.5 Å². The number of benzene rings is 4. The van der Waals surface area contributed by atoms with Crippen LogP contribution in [0.4, 0.5) is 0 Å². The number of carbonyl (C=O) groups excluding carboxylic acids is 2. The number of fused-ring (bicyclic) bond motifs is 1. The Balaban J connectivity index is 1.39. The van der Waals surface area contributed by atoms with Crippen molar-refractivity contribution in [2.24, 2.45) is 0 Å². The predicted octanol–water partition coefficient (Wildman–Crippen LogP) is 7.23. The highest BCUT2D eigenvalue weighted by atomic mass is 16.5. The summed E-state index contributed by atoms with van der Waals surface area (Å²) in [5.41, 5.74) is 2.84. The molecule has 0 aliphatic carbocycles. The molecule has 188 valence electrons. The fraction of sp³-hybridized carbons (Fsp3) is 0.0625. The lowest BCUT2D eigenvalue weighted by atomic mass is 10.1. The van der Waals surface area contributed by atoms with Crippen LogP contribution in [0.3, 0.4) is 0 Å². The van der Waals surface area contributed by atoms with Crippen LogP contribution in [0.2, 0.25) is 0 Å². The van der Waals surface area contributed by atoms with Crippen molar-refractivity contribution >= 4 is 28.8 Å². The van der Waals surface area contributed by atoms with Crippen molar-refractivity contribution in [2.45, 2.75) is 0 Å². The molecule has 0 radical (unpaired) electrons. The molecule has 0 N–H and O–H groups in total. The Morgan fingerprint density at radius 3 is 2.21 bits per heavy atom. The molecule has 0 saturated carbocycles. The van der Waals surface area contributed by atoms with Gasteiger partial charge in [0.05, 0.1) is 14.2 Å². The van der Waals surface area contributed by atoms with Gasteiger partial charge in [0.25, 0.3) is 0 Å². The Kier molecular flexibility index (Phi) is 7.04. The highest BCUT2D eigenvalue weighted by Crippen LogP contribution is 2.36. The number of hydrogen-bond acceptors (Lipinski definition) is 6. The van der Waals surface area contributed by atoms with Crippen molar-refractivity contribution < 1.29 is 28.2 Å². The molecule has 0 aliphatic heterocycles. The smallest absolute Gasteiger partial charge is 0.348 e. The second kappa shape index (κ2) is 10.9. The predicted molar refractivity (Wildman–Crippen MR) is 146 cm³/mol. The van der Waals surface area contributed by atoms with Crippen molar-refractivity contribution in [3.05, 3.63) is 120 Å². The van der Waals surface area contributed by atoms with Crippen molar-refractivity contribution in [3.63, 3.8) is 0 Å². The minimum absolute atomic E-state index is 0.187. The lowest BCUT2D eigenvalue weighted by Gasteiger charge is -2.07. The Morgan fingerprint density at radius 2 is 1.47 bits per heavy atom. The molecule has 0 bridgehead atoms. The van der Waals surface area contributed by atoms with E-state index >= 15 is 0 Å². The normalized spacial score (nSPS) is 11.0. The quantitative estimate of drug-likeness (QED) is 0.0960. The molecule has 0 amide bonds. The average Bonchev–Trinajstić information content (AvgIpc) is 3.36. The monoisotopic (exact) mass is 504 g/mol. The van der Waals surface area contributed by atoms with Gasteiger partial charge in [0.15, 0.2) is 5.78 Å². The number of carbonyl (C=O) groups is 2. The summed E-state index contributed by atoms with van der Waals surface area (Å²) in [6, 6.07) is 28.5. The number of methoxy groups -OCH3 is 2. The number of allylic oxidation sites excluding steroid dienone is 1. The first kappa shape index (κ1) is 24.6. The van der Waals surface area contributed by atoms with Gasteiger partial charge in [-0.2, -0.15) is 0 Å². The van der Waals surface area contributed by atoms with E-state index in [1.807, 2.05) is 54.6 Å². The summed E-state index contributed by atoms with van der Waals surface area (Å²) in [5, 5.41) is 0.585. The van der Waals surface area contributed by atoms with Gasteiger partial charge in [-0.25, -0.2) is 4.79 Å². The van der Waals surface area contributed by atoms with E-state index in [9.17, 15) is 9.59 Å². The Hall–Kier alpha value is -5.10. The van der Waals surface area contributed by atoms with Crippen LogP contribution < -0.4 is 14.2 Å². The van der Waals surface area contributed by atoms with Crippen LogP contribution in [0.5, 0.6) is 17.2 Å². The molecule has 0 fully saturated rings. The van der Waals surface area contributed by atoms with Crippen LogP contribution >= 0.6 is 0 Å². The third kappa shape index (κ3) is 5.06. The van der Waals surface area contributed by atoms with Crippen molar-refractivity contribution in [2.75, 3.05) is 14.2 Å². The van der Waals surface area contributed by atoms with Crippen LogP contribution in [0.1, 0.15) is 26.3 Å². The largest absolute Gasteiger partial charge is 0.497 e. The third-order valence-electron chi connectivity index (χ3n) is 6.04. The van der Waals surface area contributed by atoms with Gasteiger partial charge in [0.1, 0.15) is 34.2 Å². The van der Waals surface area contributed by atoms with Gasteiger partial charge in [0, 0.05) is 22.1 Å². The summed E-state index contributed by atoms with van der Waals surface area (Å²) in [6.45, 7) is 0. The summed E-state index contributed by atoms with van der Waals surface area (Å²) in [5.74, 6) is 1.22. The maximum absolute atomic E-state index is 13.4. The number of esters is 1. The zero-order valence-electron chi connectivity index (χ0n) is 20.8. The number of hydrogen-bond donors (Lipinski definition) is 0. The van der Waals surface area contributed by atoms with E-state index in [-0.39, 0.29) is 5.78 Å². The van der Waals surface area contributed by atoms with E-state index < -0.39 is 5.97 Å². The number of ketones is 1. The summed E-state index contributed by atoms with van der Waals surface area (Å²) in [7, 11) is 3.14. The number of para-hydroxylation sites is 1. The van der Waals surface area contributed by atoms with Crippen LogP contribution in [0.25, 0.3) is 28.4 Å². The zero-order valence-corrected chi connectivity index (χ0v) is 20.8. The maximum Gasteiger partial charge on any atom is 0.348 e. The van der Waals surface area contributed by atoms with Crippen LogP contribution in [-0.4, -0.2) is 26.0 Å². The SMILES string of the molecule is COc1ccc2oc(-c3ccccc3)c(C(=O)Oc3ccc(C(=O)C=Cc4ccccc4OC)cc3)c2c1. The van der Waals surface area contributed by atoms with E-state index in [0.29, 0.717) is 45.1 Å². The molecule has 38 heavy (non-hydrogen) atoms. The van der Waals surface area contributed by atoms with E-state index in [1.54, 1.807) is 62.8 Å². The molecule has 6 nitrogen and oxygen atoms in total. The zero-order chi connectivity index (χ0) is 26.5. The molecule has 0 aliphatic rings. The van der Waals surface area contributed by atoms with Gasteiger partial charge in [-0.05, 0) is 60.7 Å². The van der Waals surface area contributed by atoms with Crippen LogP contribution in [-0.2, 0) is 0 Å². The first-order valence-electron chi connectivity index (χ1n) is 11.9. The fourth-order valence-electron chi connectivity index (χ4n) is 4.11. The van der Waals surface area contributed by atoms with Gasteiger partial charge >= 0.3 is 5.97 Å². The molecule has 0 atom stereocenters. The van der Waals surface area contributed by atoms with Crippen molar-refractivity contribution in [3.8, 4) is 28.6 Å². The van der Waals surface area contributed by atoms with Crippen LogP contribution in [0.15, 0.2) is 108 Å². The highest BCUT2D eigenvalue weighted by molar-refractivity contribution is 6.10. The summed E-state index contributed by atoms with van der Waals surface area (Å²) in [4.78, 5) is 26.1. The van der Waals surface area contributed by atoms with E-state index in [4.69, 9.17) is 18.6 Å². The molecular weight excluding hydrogens is 480 g/mol. The standard InChI is InChI=1S/C32H24O6/c1-35-25-17-19-29-26(20-25)30(31(38-29)23-9-4-3-5-10-23)32(34)37-24-15-12-21(13-16-24)27(33)18-14-22-8-6-7-11-28(22)36-2/h3-20H,1-2H3. The lowest BCUT2D eigenvalue weighted by Crippen LogP contribution is -2.09. The molecule has 0 unspecified atom stereocenters. The van der Waals surface area contributed by atoms with Gasteiger partial charge < -0.3 is 18.6 Å². The van der Waals surface area contributed by atoms with E-state index in [1.165, 1.54) is 6.08 Å². The van der Waals surface area contributed by atoms with Crippen molar-refractivity contribution in [1.29, 1.82) is 0 Å². The second-order valence-corrected chi connectivity index (χ2v) is 8.39. The van der Waals surface area contributed by atoms with Gasteiger partial charge in [-0.15, -0.1) is 0 Å². The Labute approximate surface area is 219 Å². The summed E-state index contributed by atoms with van der Waals surface area (Å²) >= 11 is 0. The third-order valence-corrected chi connectivity index (χ3v) is 6.04. The number of furan rings is 1. The number of rotatable bonds is 8. The topological polar surface area (TPSA) is 75.0 Å². The molecule has 0 spiro atoms. The highest BCUT2D eigenvalue weighted by Gasteiger charge is 2.24. The average molecular weight is 505 g/mol. The summed E-state index contributed by atoms with van der Waals surface area (Å²) in [6.07, 6.45) is 3.19. The lowest BCUT2D eigenvalue weighted by molar-refractivity contribution is 0.0737. The van der Waals surface area contributed by atoms with Gasteiger partial charge in [0.2, 0.25) is 0 Å². The van der Waals surface area contributed by atoms with E-state index in [2.05, 4.69) is 0 Å². The second-order valence-electron chi connectivity index (χ2n) is 8.39. The van der Waals surface area contributed by atoms with E-state index in [0.717, 1.165) is 11.1 Å². The first-order chi connectivity index (χ1) is 18.6. The maximum atomic E-state index is 13.4. The van der Waals surface area contributed by atoms with Crippen LogP contribution in [0, 0.1) is 0 Å². The fourth-order valence-corrected chi connectivity index (χ4v) is 4.11. The Bertz CT molecular complexity index is 1630. The first-order valence-corrected chi connectivity index (χ1v) is 11.9. The molecular formula is C32H24O6.